The van der Waals surface area contributed by atoms with E-state index in [4.69, 9.17) is 0 Å². The van der Waals surface area contributed by atoms with Gasteiger partial charge in [0.15, 0.2) is 0 Å². The molecular weight excluding hydrogens is 188 g/mol. The van der Waals surface area contributed by atoms with E-state index < -0.39 is 0 Å². The second kappa shape index (κ2) is 3.61. The Morgan fingerprint density at radius 1 is 1.40 bits per heavy atom. The Morgan fingerprint density at radius 2 is 2.20 bits per heavy atom. The van der Waals surface area contributed by atoms with Gasteiger partial charge in [-0.05, 0) is 25.9 Å². The minimum absolute atomic E-state index is 0.512. The fraction of sp³-hybridized carbons (Fsp3) is 0.727. The highest BCUT2D eigenvalue weighted by Gasteiger charge is 2.30. The molecule has 1 saturated heterocycles. The lowest BCUT2D eigenvalue weighted by Gasteiger charge is -2.30. The Balaban J connectivity index is 1.91. The monoisotopic (exact) mass is 206 g/mol. The first kappa shape index (κ1) is 9.36. The number of rotatable bonds is 1. The largest absolute Gasteiger partial charge is 0.336 e. The van der Waals surface area contributed by atoms with E-state index >= 15 is 0 Å². The van der Waals surface area contributed by atoms with Gasteiger partial charge in [-0.25, -0.2) is 4.98 Å². The Labute approximate surface area is 90.3 Å². The molecular formula is C11H18N4. The first-order chi connectivity index (χ1) is 7.36. The van der Waals surface area contributed by atoms with Gasteiger partial charge in [-0.2, -0.15) is 0 Å². The van der Waals surface area contributed by atoms with E-state index in [-0.39, 0.29) is 0 Å². The van der Waals surface area contributed by atoms with Gasteiger partial charge in [0.2, 0.25) is 0 Å². The summed E-state index contributed by atoms with van der Waals surface area (Å²) < 4.78 is 2.14. The minimum Gasteiger partial charge on any atom is -0.336 e. The van der Waals surface area contributed by atoms with Gasteiger partial charge >= 0.3 is 0 Å². The molecule has 15 heavy (non-hydrogen) atoms. The molecule has 0 saturated carbocycles. The van der Waals surface area contributed by atoms with Gasteiger partial charge < -0.3 is 9.88 Å². The van der Waals surface area contributed by atoms with Crippen LogP contribution < -0.4 is 5.32 Å². The average molecular weight is 206 g/mol. The van der Waals surface area contributed by atoms with Crippen LogP contribution >= 0.6 is 0 Å². The summed E-state index contributed by atoms with van der Waals surface area (Å²) in [6, 6.07) is 0.512. The van der Waals surface area contributed by atoms with Gasteiger partial charge in [0.05, 0.1) is 23.8 Å². The molecule has 4 nitrogen and oxygen atoms in total. The van der Waals surface area contributed by atoms with E-state index in [0.29, 0.717) is 6.04 Å². The van der Waals surface area contributed by atoms with Gasteiger partial charge in [0.1, 0.15) is 0 Å². The molecule has 3 rings (SSSR count). The topological polar surface area (TPSA) is 33.1 Å². The molecule has 1 aromatic heterocycles. The Hall–Kier alpha value is -0.870. The maximum absolute atomic E-state index is 4.56. The molecule has 0 radical (unpaired) electrons. The van der Waals surface area contributed by atoms with Crippen LogP contribution in [0.5, 0.6) is 0 Å². The number of aromatic nitrogens is 2. The summed E-state index contributed by atoms with van der Waals surface area (Å²) in [6.45, 7) is 4.50. The average Bonchev–Trinajstić information content (AvgIpc) is 2.88. The third-order valence-electron chi connectivity index (χ3n) is 3.62. The van der Waals surface area contributed by atoms with Crippen LogP contribution in [-0.4, -0.2) is 34.1 Å². The fourth-order valence-corrected chi connectivity index (χ4v) is 2.75. The van der Waals surface area contributed by atoms with Crippen LogP contribution in [-0.2, 0) is 13.6 Å². The molecule has 1 fully saturated rings. The Morgan fingerprint density at radius 3 is 3.00 bits per heavy atom. The third kappa shape index (κ3) is 1.48. The SMILES string of the molecule is Cn1cnc2c1CNCC2N1CCCC1. The van der Waals surface area contributed by atoms with Crippen LogP contribution in [0.1, 0.15) is 30.3 Å². The minimum atomic E-state index is 0.512. The standard InChI is InChI=1S/C11H18N4/c1-14-8-13-11-9(14)6-12-7-10(11)15-4-2-3-5-15/h8,10,12H,2-7H2,1H3. The molecule has 1 N–H and O–H groups in total. The number of hydrogen-bond donors (Lipinski definition) is 1. The quantitative estimate of drug-likeness (QED) is 0.733. The van der Waals surface area contributed by atoms with Crippen LogP contribution in [0.3, 0.4) is 0 Å². The van der Waals surface area contributed by atoms with Crippen molar-refractivity contribution >= 4 is 0 Å². The van der Waals surface area contributed by atoms with Crippen LogP contribution in [0.25, 0.3) is 0 Å². The lowest BCUT2D eigenvalue weighted by atomic mass is 10.1. The molecule has 82 valence electrons. The normalized spacial score (nSPS) is 26.9. The first-order valence-electron chi connectivity index (χ1n) is 5.81. The van der Waals surface area contributed by atoms with Crippen LogP contribution in [0.4, 0.5) is 0 Å². The third-order valence-corrected chi connectivity index (χ3v) is 3.62. The predicted molar refractivity (Wildman–Crippen MR) is 58.5 cm³/mol. The summed E-state index contributed by atoms with van der Waals surface area (Å²) in [5.41, 5.74) is 2.66. The van der Waals surface area contributed by atoms with Crippen molar-refractivity contribution in [2.75, 3.05) is 19.6 Å². The summed E-state index contributed by atoms with van der Waals surface area (Å²) in [7, 11) is 2.08. The zero-order valence-electron chi connectivity index (χ0n) is 9.24. The van der Waals surface area contributed by atoms with Gasteiger partial charge in [-0.15, -0.1) is 0 Å². The molecule has 4 heteroatoms. The predicted octanol–water partition coefficient (Wildman–Crippen LogP) is 0.660. The van der Waals surface area contributed by atoms with Crippen molar-refractivity contribution in [3.05, 3.63) is 17.7 Å². The molecule has 2 aliphatic heterocycles. The Kier molecular flexibility index (Phi) is 2.25. The molecule has 0 spiro atoms. The van der Waals surface area contributed by atoms with Crippen LogP contribution in [0.15, 0.2) is 6.33 Å². The van der Waals surface area contributed by atoms with Crippen molar-refractivity contribution in [2.24, 2.45) is 7.05 Å². The van der Waals surface area contributed by atoms with Crippen molar-refractivity contribution in [1.29, 1.82) is 0 Å². The number of nitrogens with one attached hydrogen (secondary N) is 1. The fourth-order valence-electron chi connectivity index (χ4n) is 2.75. The van der Waals surface area contributed by atoms with E-state index in [1.807, 2.05) is 6.33 Å². The molecule has 2 aliphatic rings. The summed E-state index contributed by atoms with van der Waals surface area (Å²) in [6.07, 6.45) is 4.64. The molecule has 3 heterocycles. The van der Waals surface area contributed by atoms with Crippen LogP contribution in [0, 0.1) is 0 Å². The summed E-state index contributed by atoms with van der Waals surface area (Å²) in [5, 5.41) is 3.49. The number of aryl methyl sites for hydroxylation is 1. The maximum Gasteiger partial charge on any atom is 0.0950 e. The first-order valence-corrected chi connectivity index (χ1v) is 5.81. The highest BCUT2D eigenvalue weighted by atomic mass is 15.2. The van der Waals surface area contributed by atoms with E-state index in [2.05, 4.69) is 26.8 Å². The molecule has 1 unspecified atom stereocenters. The van der Waals surface area contributed by atoms with E-state index in [9.17, 15) is 0 Å². The Bertz CT molecular complexity index is 351. The zero-order chi connectivity index (χ0) is 10.3. The second-order valence-electron chi connectivity index (χ2n) is 4.58. The maximum atomic E-state index is 4.56. The lowest BCUT2D eigenvalue weighted by molar-refractivity contribution is 0.223. The number of hydrogen-bond acceptors (Lipinski definition) is 3. The molecule has 0 amide bonds. The number of nitrogens with zero attached hydrogens (tertiary/aromatic N) is 3. The molecule has 0 bridgehead atoms. The van der Waals surface area contributed by atoms with Crippen molar-refractivity contribution in [1.82, 2.24) is 19.8 Å². The molecule has 1 atom stereocenters. The summed E-state index contributed by atoms with van der Waals surface area (Å²) in [5.74, 6) is 0. The second-order valence-corrected chi connectivity index (χ2v) is 4.58. The van der Waals surface area contributed by atoms with Gasteiger partial charge in [-0.3, -0.25) is 4.90 Å². The molecule has 1 aromatic rings. The molecule has 0 aromatic carbocycles. The highest BCUT2D eigenvalue weighted by Crippen LogP contribution is 2.28. The van der Waals surface area contributed by atoms with E-state index in [0.717, 1.165) is 13.1 Å². The summed E-state index contributed by atoms with van der Waals surface area (Å²) >= 11 is 0. The number of fused-ring (bicyclic) bond motifs is 1. The summed E-state index contributed by atoms with van der Waals surface area (Å²) in [4.78, 5) is 7.13. The lowest BCUT2D eigenvalue weighted by Crippen LogP contribution is -2.38. The van der Waals surface area contributed by atoms with Gasteiger partial charge in [0, 0.05) is 20.1 Å². The van der Waals surface area contributed by atoms with Crippen molar-refractivity contribution in [3.63, 3.8) is 0 Å². The smallest absolute Gasteiger partial charge is 0.0950 e. The van der Waals surface area contributed by atoms with Crippen molar-refractivity contribution in [2.45, 2.75) is 25.4 Å². The van der Waals surface area contributed by atoms with Crippen LogP contribution in [0.2, 0.25) is 0 Å². The van der Waals surface area contributed by atoms with E-state index in [1.54, 1.807) is 0 Å². The highest BCUT2D eigenvalue weighted by molar-refractivity contribution is 5.20. The molecule has 0 aliphatic carbocycles. The van der Waals surface area contributed by atoms with E-state index in [1.165, 1.54) is 37.3 Å². The van der Waals surface area contributed by atoms with Crippen molar-refractivity contribution < 1.29 is 0 Å². The van der Waals surface area contributed by atoms with Gasteiger partial charge in [-0.1, -0.05) is 0 Å². The number of imidazole rings is 1. The zero-order valence-corrected chi connectivity index (χ0v) is 9.24. The number of likely N-dealkylation sites (tertiary alicyclic amines) is 1. The van der Waals surface area contributed by atoms with Gasteiger partial charge in [0.25, 0.3) is 0 Å². The van der Waals surface area contributed by atoms with Crippen molar-refractivity contribution in [3.8, 4) is 0 Å².